The Bertz CT molecular complexity index is 147. The predicted molar refractivity (Wildman–Crippen MR) is 35.0 cm³/mol. The summed E-state index contributed by atoms with van der Waals surface area (Å²) in [5.41, 5.74) is 0. The fourth-order valence-corrected chi connectivity index (χ4v) is 2.35. The number of fused-ring (bicyclic) bond motifs is 1. The summed E-state index contributed by atoms with van der Waals surface area (Å²) in [6, 6.07) is 0. The average molecular weight is 124 g/mol. The molecule has 1 heteroatoms. The molecule has 0 aliphatic heterocycles. The van der Waals surface area contributed by atoms with Gasteiger partial charge in [-0.05, 0) is 18.3 Å². The number of carbonyl (C=O) groups is 1. The molecule has 0 aromatic heterocycles. The molecular formula is C8H12O. The first kappa shape index (κ1) is 5.45. The zero-order chi connectivity index (χ0) is 6.43. The lowest BCUT2D eigenvalue weighted by Crippen LogP contribution is -1.97. The summed E-state index contributed by atoms with van der Waals surface area (Å²) in [6.07, 6.45) is 3.30. The second kappa shape index (κ2) is 1.59. The lowest BCUT2D eigenvalue weighted by atomic mass is 10.1. The van der Waals surface area contributed by atoms with Crippen LogP contribution in [0.4, 0.5) is 0 Å². The van der Waals surface area contributed by atoms with Crippen LogP contribution in [0.2, 0.25) is 0 Å². The molecular weight excluding hydrogens is 112 g/mol. The maximum absolute atomic E-state index is 11.0. The second-order valence-corrected chi connectivity index (χ2v) is 3.27. The molecule has 0 aromatic rings. The molecule has 0 amide bonds. The molecule has 0 radical (unpaired) electrons. The molecule has 2 aliphatic carbocycles. The van der Waals surface area contributed by atoms with E-state index in [4.69, 9.17) is 0 Å². The minimum Gasteiger partial charge on any atom is -0.299 e. The van der Waals surface area contributed by atoms with Crippen LogP contribution < -0.4 is 0 Å². The molecule has 0 unspecified atom stereocenters. The molecule has 50 valence electrons. The summed E-state index contributed by atoms with van der Waals surface area (Å²) in [4.78, 5) is 11.0. The van der Waals surface area contributed by atoms with Gasteiger partial charge in [0.25, 0.3) is 0 Å². The maximum atomic E-state index is 11.0. The molecule has 2 rings (SSSR count). The van der Waals surface area contributed by atoms with Gasteiger partial charge in [-0.1, -0.05) is 13.3 Å². The molecule has 0 saturated heterocycles. The van der Waals surface area contributed by atoms with Crippen LogP contribution in [0.1, 0.15) is 26.2 Å². The zero-order valence-corrected chi connectivity index (χ0v) is 5.76. The molecule has 2 aliphatic rings. The van der Waals surface area contributed by atoms with Gasteiger partial charge in [-0.25, -0.2) is 0 Å². The standard InChI is InChI=1S/C8H12O/c1-2-5-6-3-4-7(9)8(5)6/h5-6,8H,2-4H2,1H3/t5-,6+,8-/m1/s1. The van der Waals surface area contributed by atoms with E-state index < -0.39 is 0 Å². The fraction of sp³-hybridized carbons (Fsp3) is 0.875. The van der Waals surface area contributed by atoms with Gasteiger partial charge in [0.15, 0.2) is 0 Å². The Morgan fingerprint density at radius 3 is 2.78 bits per heavy atom. The Morgan fingerprint density at radius 2 is 2.44 bits per heavy atom. The topological polar surface area (TPSA) is 17.1 Å². The molecule has 1 nitrogen and oxygen atoms in total. The largest absolute Gasteiger partial charge is 0.299 e. The third-order valence-electron chi connectivity index (χ3n) is 2.90. The van der Waals surface area contributed by atoms with Crippen molar-refractivity contribution in [3.8, 4) is 0 Å². The number of ketones is 1. The quantitative estimate of drug-likeness (QED) is 0.519. The van der Waals surface area contributed by atoms with Crippen LogP contribution in [-0.2, 0) is 4.79 Å². The Kier molecular flexibility index (Phi) is 0.961. The highest BCUT2D eigenvalue weighted by atomic mass is 16.1. The van der Waals surface area contributed by atoms with E-state index in [1.54, 1.807) is 0 Å². The van der Waals surface area contributed by atoms with Gasteiger partial charge in [0.2, 0.25) is 0 Å². The number of Topliss-reactive ketones (excluding diaryl/α,β-unsaturated/α-hetero) is 1. The minimum absolute atomic E-state index is 0.523. The van der Waals surface area contributed by atoms with E-state index in [0.717, 1.165) is 18.3 Å². The Hall–Kier alpha value is -0.330. The van der Waals surface area contributed by atoms with E-state index in [1.165, 1.54) is 12.8 Å². The summed E-state index contributed by atoms with van der Waals surface area (Å²) < 4.78 is 0. The molecule has 0 bridgehead atoms. The van der Waals surface area contributed by atoms with Crippen molar-refractivity contribution in [2.24, 2.45) is 17.8 Å². The summed E-state index contributed by atoms with van der Waals surface area (Å²) in [5, 5.41) is 0. The van der Waals surface area contributed by atoms with Crippen molar-refractivity contribution in [1.82, 2.24) is 0 Å². The van der Waals surface area contributed by atoms with E-state index in [0.29, 0.717) is 11.7 Å². The van der Waals surface area contributed by atoms with Gasteiger partial charge < -0.3 is 0 Å². The third-order valence-corrected chi connectivity index (χ3v) is 2.90. The monoisotopic (exact) mass is 124 g/mol. The van der Waals surface area contributed by atoms with Gasteiger partial charge in [0.1, 0.15) is 5.78 Å². The van der Waals surface area contributed by atoms with Gasteiger partial charge in [-0.3, -0.25) is 4.79 Å². The van der Waals surface area contributed by atoms with Crippen molar-refractivity contribution < 1.29 is 4.79 Å². The molecule has 0 spiro atoms. The summed E-state index contributed by atoms with van der Waals surface area (Å²) >= 11 is 0. The van der Waals surface area contributed by atoms with Crippen LogP contribution in [0.25, 0.3) is 0 Å². The Morgan fingerprint density at radius 1 is 1.67 bits per heavy atom. The number of rotatable bonds is 1. The molecule has 2 fully saturated rings. The van der Waals surface area contributed by atoms with Gasteiger partial charge in [-0.15, -0.1) is 0 Å². The normalized spacial score (nSPS) is 47.2. The number of hydrogen-bond donors (Lipinski definition) is 0. The Balaban J connectivity index is 2.06. The van der Waals surface area contributed by atoms with Crippen LogP contribution in [-0.4, -0.2) is 5.78 Å². The van der Waals surface area contributed by atoms with Gasteiger partial charge in [0, 0.05) is 12.3 Å². The maximum Gasteiger partial charge on any atom is 0.136 e. The van der Waals surface area contributed by atoms with Crippen molar-refractivity contribution >= 4 is 5.78 Å². The molecule has 2 saturated carbocycles. The molecule has 0 aromatic carbocycles. The lowest BCUT2D eigenvalue weighted by Gasteiger charge is -1.94. The van der Waals surface area contributed by atoms with Gasteiger partial charge >= 0.3 is 0 Å². The smallest absolute Gasteiger partial charge is 0.136 e. The SMILES string of the molecule is CC[C@@H]1[C@@H]2CCC(=O)[C@H]12. The average Bonchev–Trinajstić information content (AvgIpc) is 2.46. The van der Waals surface area contributed by atoms with E-state index in [1.807, 2.05) is 0 Å². The van der Waals surface area contributed by atoms with Crippen molar-refractivity contribution in [2.75, 3.05) is 0 Å². The van der Waals surface area contributed by atoms with E-state index in [-0.39, 0.29) is 0 Å². The first-order valence-electron chi connectivity index (χ1n) is 3.87. The fourth-order valence-electron chi connectivity index (χ4n) is 2.35. The highest BCUT2D eigenvalue weighted by molar-refractivity contribution is 5.87. The van der Waals surface area contributed by atoms with Crippen molar-refractivity contribution in [3.63, 3.8) is 0 Å². The van der Waals surface area contributed by atoms with E-state index >= 15 is 0 Å². The molecule has 9 heavy (non-hydrogen) atoms. The third kappa shape index (κ3) is 0.577. The minimum atomic E-state index is 0.523. The van der Waals surface area contributed by atoms with Crippen molar-refractivity contribution in [2.45, 2.75) is 26.2 Å². The van der Waals surface area contributed by atoms with E-state index in [9.17, 15) is 4.79 Å². The molecule has 3 atom stereocenters. The Labute approximate surface area is 55.4 Å². The van der Waals surface area contributed by atoms with Crippen LogP contribution in [0.15, 0.2) is 0 Å². The van der Waals surface area contributed by atoms with E-state index in [2.05, 4.69) is 6.92 Å². The predicted octanol–water partition coefficient (Wildman–Crippen LogP) is 1.62. The summed E-state index contributed by atoms with van der Waals surface area (Å²) in [7, 11) is 0. The van der Waals surface area contributed by atoms with Crippen LogP contribution in [0.3, 0.4) is 0 Å². The first-order chi connectivity index (χ1) is 4.34. The number of hydrogen-bond acceptors (Lipinski definition) is 1. The van der Waals surface area contributed by atoms with Crippen molar-refractivity contribution in [3.05, 3.63) is 0 Å². The lowest BCUT2D eigenvalue weighted by molar-refractivity contribution is -0.119. The van der Waals surface area contributed by atoms with Crippen LogP contribution in [0.5, 0.6) is 0 Å². The highest BCUT2D eigenvalue weighted by Gasteiger charge is 2.56. The van der Waals surface area contributed by atoms with Crippen LogP contribution in [0, 0.1) is 17.8 Å². The first-order valence-corrected chi connectivity index (χ1v) is 3.87. The second-order valence-electron chi connectivity index (χ2n) is 3.27. The molecule has 0 heterocycles. The molecule has 0 N–H and O–H groups in total. The summed E-state index contributed by atoms with van der Waals surface area (Å²) in [6.45, 7) is 2.19. The van der Waals surface area contributed by atoms with Gasteiger partial charge in [-0.2, -0.15) is 0 Å². The van der Waals surface area contributed by atoms with Crippen LogP contribution >= 0.6 is 0 Å². The van der Waals surface area contributed by atoms with Gasteiger partial charge in [0.05, 0.1) is 0 Å². The zero-order valence-electron chi connectivity index (χ0n) is 5.76. The highest BCUT2D eigenvalue weighted by Crippen LogP contribution is 2.56. The number of carbonyl (C=O) groups excluding carboxylic acids is 1. The van der Waals surface area contributed by atoms with Crippen molar-refractivity contribution in [1.29, 1.82) is 0 Å². The summed E-state index contributed by atoms with van der Waals surface area (Å²) in [5.74, 6) is 2.69.